The number of aliphatic hydroxyl groups excluding tert-OH is 1. The van der Waals surface area contributed by atoms with Crippen LogP contribution < -0.4 is 11.3 Å². The minimum Gasteiger partial charge on any atom is -0.390 e. The molecule has 1 aliphatic heterocycles. The van der Waals surface area contributed by atoms with Crippen molar-refractivity contribution >= 4 is 47.6 Å². The van der Waals surface area contributed by atoms with Crippen LogP contribution in [0, 0.1) is 0 Å². The monoisotopic (exact) mass is 513 g/mol. The first-order valence-electron chi connectivity index (χ1n) is 8.33. The molecule has 0 saturated carbocycles. The van der Waals surface area contributed by atoms with Crippen molar-refractivity contribution in [3.8, 4) is 0 Å². The fourth-order valence-electron chi connectivity index (χ4n) is 2.88. The van der Waals surface area contributed by atoms with E-state index < -0.39 is 26.0 Å². The number of anilines is 1. The molecule has 3 N–H and O–H groups in total. The Morgan fingerprint density at radius 2 is 2.30 bits per heavy atom. The predicted octanol–water partition coefficient (Wildman–Crippen LogP) is 1.29. The summed E-state index contributed by atoms with van der Waals surface area (Å²) in [7, 11) is -1.87. The van der Waals surface area contributed by atoms with Gasteiger partial charge in [-0.05, 0) is 6.42 Å². The quantitative estimate of drug-likeness (QED) is 0.414. The van der Waals surface area contributed by atoms with E-state index in [-0.39, 0.29) is 41.9 Å². The van der Waals surface area contributed by atoms with E-state index in [4.69, 9.17) is 19.5 Å². The van der Waals surface area contributed by atoms with Crippen molar-refractivity contribution in [3.05, 3.63) is 16.7 Å². The van der Waals surface area contributed by atoms with Gasteiger partial charge in [-0.3, -0.25) is 13.9 Å². The molecule has 1 fully saturated rings. The maximum atomic E-state index is 12.4. The third-order valence-electron chi connectivity index (χ3n) is 4.30. The molecule has 150 valence electrons. The molecule has 11 nitrogen and oxygen atoms in total. The van der Waals surface area contributed by atoms with Crippen LogP contribution in [0.3, 0.4) is 0 Å². The van der Waals surface area contributed by atoms with Crippen molar-refractivity contribution in [2.24, 2.45) is 0 Å². The standard InChI is InChI=1S/C14H21IN5O6P/c1-3-4-27(23,24-2)25-6-9-8(21)5-10(26-9)19-7-17-11-12(19)18-14(16)20(15)13(11)22/h7-10,21H,3-6H2,1-2H3,(H2,16,18)/t8-,9?,10-,27?/m1/s1. The van der Waals surface area contributed by atoms with Gasteiger partial charge in [-0.15, -0.1) is 0 Å². The number of rotatable bonds is 7. The van der Waals surface area contributed by atoms with Gasteiger partial charge in [0.1, 0.15) is 12.3 Å². The zero-order valence-electron chi connectivity index (χ0n) is 14.8. The molecule has 2 aromatic rings. The second-order valence-electron chi connectivity index (χ2n) is 6.13. The van der Waals surface area contributed by atoms with Gasteiger partial charge in [0.25, 0.3) is 5.56 Å². The minimum atomic E-state index is -3.20. The number of nitrogens with zero attached hydrogens (tertiary/aromatic N) is 4. The fourth-order valence-corrected chi connectivity index (χ4v) is 4.56. The van der Waals surface area contributed by atoms with Crippen LogP contribution in [0.4, 0.5) is 5.95 Å². The first-order valence-corrected chi connectivity index (χ1v) is 11.0. The van der Waals surface area contributed by atoms with Crippen molar-refractivity contribution in [1.82, 2.24) is 17.3 Å². The molecule has 0 spiro atoms. The van der Waals surface area contributed by atoms with E-state index in [2.05, 4.69) is 9.97 Å². The molecular weight excluding hydrogens is 492 g/mol. The van der Waals surface area contributed by atoms with Crippen LogP contribution in [-0.2, 0) is 18.3 Å². The molecule has 27 heavy (non-hydrogen) atoms. The number of hydrogen-bond donors (Lipinski definition) is 2. The van der Waals surface area contributed by atoms with Gasteiger partial charge in [0.15, 0.2) is 11.2 Å². The van der Waals surface area contributed by atoms with Crippen molar-refractivity contribution in [1.29, 1.82) is 0 Å². The minimum absolute atomic E-state index is 0.0360. The van der Waals surface area contributed by atoms with Gasteiger partial charge in [-0.25, -0.2) is 7.76 Å². The lowest BCUT2D eigenvalue weighted by molar-refractivity contribution is -0.0401. The van der Waals surface area contributed by atoms with E-state index in [0.717, 1.165) is 0 Å². The molecule has 1 saturated heterocycles. The number of ether oxygens (including phenoxy) is 1. The summed E-state index contributed by atoms with van der Waals surface area (Å²) in [5.41, 5.74) is 5.81. The van der Waals surface area contributed by atoms with Gasteiger partial charge < -0.3 is 24.6 Å². The van der Waals surface area contributed by atoms with Gasteiger partial charge in [-0.1, -0.05) is 6.92 Å². The maximum absolute atomic E-state index is 12.4. The van der Waals surface area contributed by atoms with Crippen molar-refractivity contribution in [2.45, 2.75) is 38.2 Å². The number of fused-ring (bicyclic) bond motifs is 1. The van der Waals surface area contributed by atoms with E-state index in [1.165, 1.54) is 16.2 Å². The van der Waals surface area contributed by atoms with Crippen LogP contribution in [0.25, 0.3) is 11.2 Å². The normalized spacial score (nSPS) is 25.1. The first-order chi connectivity index (χ1) is 12.8. The lowest BCUT2D eigenvalue weighted by atomic mass is 10.2. The molecule has 13 heteroatoms. The summed E-state index contributed by atoms with van der Waals surface area (Å²) in [6.45, 7) is 1.80. The first kappa shape index (κ1) is 20.7. The number of aliphatic hydroxyl groups is 1. The van der Waals surface area contributed by atoms with Gasteiger partial charge in [0.05, 0.1) is 41.9 Å². The van der Waals surface area contributed by atoms with Crippen LogP contribution in [0.2, 0.25) is 0 Å². The van der Waals surface area contributed by atoms with Crippen LogP contribution in [0.5, 0.6) is 0 Å². The number of hydrogen-bond acceptors (Lipinski definition) is 9. The van der Waals surface area contributed by atoms with E-state index in [9.17, 15) is 14.5 Å². The van der Waals surface area contributed by atoms with Crippen LogP contribution in [0.1, 0.15) is 26.0 Å². The van der Waals surface area contributed by atoms with Crippen molar-refractivity contribution < 1.29 is 23.5 Å². The third kappa shape index (κ3) is 4.05. The Hall–Kier alpha value is -1.05. The second-order valence-corrected chi connectivity index (χ2v) is 9.38. The molecule has 0 aliphatic carbocycles. The molecule has 0 bridgehead atoms. The third-order valence-corrected chi connectivity index (χ3v) is 7.32. The fraction of sp³-hybridized carbons (Fsp3) is 0.643. The highest BCUT2D eigenvalue weighted by Crippen LogP contribution is 2.48. The largest absolute Gasteiger partial charge is 0.390 e. The number of imidazole rings is 1. The molecule has 2 unspecified atom stereocenters. The Kier molecular flexibility index (Phi) is 6.23. The smallest absolute Gasteiger partial charge is 0.330 e. The summed E-state index contributed by atoms with van der Waals surface area (Å²) in [5.74, 6) is 0.0360. The highest BCUT2D eigenvalue weighted by Gasteiger charge is 2.38. The van der Waals surface area contributed by atoms with Gasteiger partial charge in [0.2, 0.25) is 5.95 Å². The average Bonchev–Trinajstić information content (AvgIpc) is 3.21. The van der Waals surface area contributed by atoms with E-state index in [0.29, 0.717) is 6.42 Å². The lowest BCUT2D eigenvalue weighted by Crippen LogP contribution is -2.26. The Balaban J connectivity index is 1.78. The molecule has 0 aromatic carbocycles. The Morgan fingerprint density at radius 3 is 2.96 bits per heavy atom. The summed E-state index contributed by atoms with van der Waals surface area (Å²) < 4.78 is 31.3. The van der Waals surface area contributed by atoms with E-state index in [1.807, 2.05) is 6.92 Å². The maximum Gasteiger partial charge on any atom is 0.330 e. The predicted molar refractivity (Wildman–Crippen MR) is 106 cm³/mol. The molecule has 4 atom stereocenters. The summed E-state index contributed by atoms with van der Waals surface area (Å²) in [6.07, 6.45) is 0.435. The molecule has 3 heterocycles. The molecule has 1 aliphatic rings. The number of aromatic nitrogens is 4. The van der Waals surface area contributed by atoms with Crippen LogP contribution in [-0.4, -0.2) is 54.5 Å². The summed E-state index contributed by atoms with van der Waals surface area (Å²) in [4.78, 5) is 20.5. The number of halogens is 1. The molecule has 3 rings (SSSR count). The Bertz CT molecular complexity index is 933. The van der Waals surface area contributed by atoms with Crippen LogP contribution >= 0.6 is 30.5 Å². The Morgan fingerprint density at radius 1 is 1.56 bits per heavy atom. The average molecular weight is 513 g/mol. The topological polar surface area (TPSA) is 144 Å². The highest BCUT2D eigenvalue weighted by atomic mass is 127. The lowest BCUT2D eigenvalue weighted by Gasteiger charge is -2.20. The van der Waals surface area contributed by atoms with E-state index in [1.54, 1.807) is 27.4 Å². The van der Waals surface area contributed by atoms with Gasteiger partial charge in [-0.2, -0.15) is 4.98 Å². The molecular formula is C14H21IN5O6P. The zero-order chi connectivity index (χ0) is 19.8. The van der Waals surface area contributed by atoms with Gasteiger partial charge in [0, 0.05) is 19.7 Å². The summed E-state index contributed by atoms with van der Waals surface area (Å²) >= 11 is 1.75. The summed E-state index contributed by atoms with van der Waals surface area (Å²) in [5, 5.41) is 10.3. The molecule has 0 radical (unpaired) electrons. The SMILES string of the molecule is CCCP(=O)(OC)OCC1O[C@@H](n2cnc3c(=O)n(I)c(N)nc32)C[C@H]1O. The summed E-state index contributed by atoms with van der Waals surface area (Å²) in [6, 6.07) is 0. The van der Waals surface area contributed by atoms with Crippen molar-refractivity contribution in [2.75, 3.05) is 25.6 Å². The number of nitrogen functional groups attached to an aromatic ring is 1. The molecule has 0 amide bonds. The number of nitrogens with two attached hydrogens (primary N) is 1. The zero-order valence-corrected chi connectivity index (χ0v) is 17.9. The van der Waals surface area contributed by atoms with Crippen LogP contribution in [0.15, 0.2) is 11.1 Å². The van der Waals surface area contributed by atoms with E-state index >= 15 is 0 Å². The Labute approximate surface area is 168 Å². The van der Waals surface area contributed by atoms with Gasteiger partial charge >= 0.3 is 7.60 Å². The highest BCUT2D eigenvalue weighted by molar-refractivity contribution is 14.1. The van der Waals surface area contributed by atoms with Crippen molar-refractivity contribution in [3.63, 3.8) is 0 Å². The molecule has 2 aromatic heterocycles. The second kappa shape index (κ2) is 8.13.